The van der Waals surface area contributed by atoms with Crippen LogP contribution in [0.15, 0.2) is 30.1 Å². The van der Waals surface area contributed by atoms with Gasteiger partial charge in [-0.2, -0.15) is 0 Å². The van der Waals surface area contributed by atoms with Crippen molar-refractivity contribution >= 4 is 29.2 Å². The third-order valence-corrected chi connectivity index (χ3v) is 2.49. The SMILES string of the molecule is O=C(O)CC=C(CCl)NCc1ccc(Cl)nc1. The number of pyridine rings is 1. The summed E-state index contributed by atoms with van der Waals surface area (Å²) in [6.07, 6.45) is 3.16. The first-order valence-electron chi connectivity index (χ1n) is 4.93. The van der Waals surface area contributed by atoms with Gasteiger partial charge in [-0.1, -0.05) is 23.7 Å². The average Bonchev–Trinajstić information content (AvgIpc) is 2.31. The van der Waals surface area contributed by atoms with Gasteiger partial charge in [0.2, 0.25) is 0 Å². The van der Waals surface area contributed by atoms with Crippen molar-refractivity contribution in [3.8, 4) is 0 Å². The first-order valence-corrected chi connectivity index (χ1v) is 5.84. The van der Waals surface area contributed by atoms with Crippen LogP contribution in [0.2, 0.25) is 5.15 Å². The standard InChI is InChI=1S/C11H12Cl2N2O2/c12-5-9(2-4-11(16)17)14-6-8-1-3-10(13)15-7-8/h1-3,7,14H,4-6H2,(H,16,17). The molecule has 0 fully saturated rings. The molecule has 1 aromatic rings. The Morgan fingerprint density at radius 2 is 2.29 bits per heavy atom. The Bertz CT molecular complexity index is 404. The summed E-state index contributed by atoms with van der Waals surface area (Å²) in [6, 6.07) is 3.53. The molecule has 4 nitrogen and oxygen atoms in total. The van der Waals surface area contributed by atoms with Crippen LogP contribution in [0.4, 0.5) is 0 Å². The number of allylic oxidation sites excluding steroid dienone is 1. The van der Waals surface area contributed by atoms with Crippen LogP contribution < -0.4 is 5.32 Å². The predicted octanol–water partition coefficient (Wildman–Crippen LogP) is 2.42. The number of nitrogens with one attached hydrogen (secondary N) is 1. The van der Waals surface area contributed by atoms with Crippen LogP contribution in [0.25, 0.3) is 0 Å². The molecular weight excluding hydrogens is 263 g/mol. The zero-order chi connectivity index (χ0) is 12.7. The second kappa shape index (κ2) is 7.14. The number of carbonyl (C=O) groups is 1. The molecule has 0 unspecified atom stereocenters. The number of nitrogens with zero attached hydrogens (tertiary/aromatic N) is 1. The van der Waals surface area contributed by atoms with Crippen LogP contribution in [-0.2, 0) is 11.3 Å². The Morgan fingerprint density at radius 3 is 2.82 bits per heavy atom. The average molecular weight is 275 g/mol. The normalized spacial score (nSPS) is 11.3. The van der Waals surface area contributed by atoms with E-state index in [1.165, 1.54) is 0 Å². The molecule has 6 heteroatoms. The van der Waals surface area contributed by atoms with Crippen molar-refractivity contribution in [1.29, 1.82) is 0 Å². The van der Waals surface area contributed by atoms with E-state index in [4.69, 9.17) is 28.3 Å². The maximum absolute atomic E-state index is 10.4. The molecule has 0 aliphatic heterocycles. The van der Waals surface area contributed by atoms with Crippen molar-refractivity contribution in [2.75, 3.05) is 5.88 Å². The predicted molar refractivity (Wildman–Crippen MR) is 67.1 cm³/mol. The van der Waals surface area contributed by atoms with Gasteiger partial charge in [0.05, 0.1) is 12.3 Å². The van der Waals surface area contributed by atoms with Crippen molar-refractivity contribution in [2.24, 2.45) is 0 Å². The molecule has 17 heavy (non-hydrogen) atoms. The van der Waals surface area contributed by atoms with Gasteiger partial charge in [-0.3, -0.25) is 4.79 Å². The number of aromatic nitrogens is 1. The monoisotopic (exact) mass is 274 g/mol. The van der Waals surface area contributed by atoms with Gasteiger partial charge in [-0.25, -0.2) is 4.98 Å². The molecule has 0 radical (unpaired) electrons. The summed E-state index contributed by atoms with van der Waals surface area (Å²) >= 11 is 11.3. The maximum atomic E-state index is 10.4. The molecular formula is C11H12Cl2N2O2. The summed E-state index contributed by atoms with van der Waals surface area (Å²) in [4.78, 5) is 14.3. The first-order chi connectivity index (χ1) is 8.11. The van der Waals surface area contributed by atoms with Gasteiger partial charge >= 0.3 is 5.97 Å². The Labute approximate surface area is 109 Å². The van der Waals surface area contributed by atoms with Gasteiger partial charge in [-0.05, 0) is 11.6 Å². The number of halogens is 2. The molecule has 1 aromatic heterocycles. The summed E-state index contributed by atoms with van der Waals surface area (Å²) in [5.74, 6) is -0.642. The molecule has 0 aliphatic rings. The lowest BCUT2D eigenvalue weighted by molar-refractivity contribution is -0.136. The zero-order valence-corrected chi connectivity index (χ0v) is 10.5. The molecule has 0 aromatic carbocycles. The number of rotatable bonds is 6. The summed E-state index contributed by atoms with van der Waals surface area (Å²) in [6.45, 7) is 0.530. The van der Waals surface area contributed by atoms with Crippen LogP contribution in [0.1, 0.15) is 12.0 Å². The molecule has 2 N–H and O–H groups in total. The number of hydrogen-bond donors (Lipinski definition) is 2. The van der Waals surface area contributed by atoms with E-state index >= 15 is 0 Å². The summed E-state index contributed by atoms with van der Waals surface area (Å²) in [7, 11) is 0. The number of aliphatic carboxylic acids is 1. The van der Waals surface area contributed by atoms with Crippen LogP contribution in [-0.4, -0.2) is 21.9 Å². The molecule has 0 saturated heterocycles. The highest BCUT2D eigenvalue weighted by molar-refractivity contribution is 6.29. The van der Waals surface area contributed by atoms with Crippen molar-refractivity contribution < 1.29 is 9.90 Å². The molecule has 0 amide bonds. The van der Waals surface area contributed by atoms with Gasteiger partial charge in [0.25, 0.3) is 0 Å². The third kappa shape index (κ3) is 5.56. The highest BCUT2D eigenvalue weighted by Crippen LogP contribution is 2.06. The largest absolute Gasteiger partial charge is 0.481 e. The zero-order valence-electron chi connectivity index (χ0n) is 8.99. The Morgan fingerprint density at radius 1 is 1.53 bits per heavy atom. The lowest BCUT2D eigenvalue weighted by Crippen LogP contribution is -2.14. The van der Waals surface area contributed by atoms with Crippen molar-refractivity contribution in [3.63, 3.8) is 0 Å². The third-order valence-electron chi connectivity index (χ3n) is 1.98. The molecule has 1 heterocycles. The molecule has 0 aliphatic carbocycles. The van der Waals surface area contributed by atoms with Crippen molar-refractivity contribution in [1.82, 2.24) is 10.3 Å². The lowest BCUT2D eigenvalue weighted by Gasteiger charge is -2.07. The smallest absolute Gasteiger partial charge is 0.307 e. The maximum Gasteiger partial charge on any atom is 0.307 e. The highest BCUT2D eigenvalue weighted by atomic mass is 35.5. The van der Waals surface area contributed by atoms with E-state index in [1.54, 1.807) is 18.3 Å². The van der Waals surface area contributed by atoms with E-state index in [0.717, 1.165) is 5.56 Å². The van der Waals surface area contributed by atoms with Crippen LogP contribution in [0, 0.1) is 0 Å². The molecule has 0 atom stereocenters. The topological polar surface area (TPSA) is 62.2 Å². The van der Waals surface area contributed by atoms with Crippen LogP contribution in [0.5, 0.6) is 0 Å². The summed E-state index contributed by atoms with van der Waals surface area (Å²) in [5.41, 5.74) is 1.63. The van der Waals surface area contributed by atoms with Gasteiger partial charge in [0.1, 0.15) is 5.15 Å². The minimum Gasteiger partial charge on any atom is -0.481 e. The van der Waals surface area contributed by atoms with E-state index < -0.39 is 5.97 Å². The number of hydrogen-bond acceptors (Lipinski definition) is 3. The van der Waals surface area contributed by atoms with Gasteiger partial charge in [0.15, 0.2) is 0 Å². The molecule has 1 rings (SSSR count). The number of alkyl halides is 1. The van der Waals surface area contributed by atoms with Crippen LogP contribution in [0.3, 0.4) is 0 Å². The van der Waals surface area contributed by atoms with Crippen molar-refractivity contribution in [2.45, 2.75) is 13.0 Å². The van der Waals surface area contributed by atoms with E-state index in [2.05, 4.69) is 10.3 Å². The molecule has 0 saturated carbocycles. The fraction of sp³-hybridized carbons (Fsp3) is 0.273. The van der Waals surface area contributed by atoms with E-state index in [9.17, 15) is 4.79 Å². The number of carboxylic acid groups (broad SMARTS) is 1. The minimum absolute atomic E-state index is 0.0477. The second-order valence-electron chi connectivity index (χ2n) is 3.30. The van der Waals surface area contributed by atoms with E-state index in [-0.39, 0.29) is 12.3 Å². The molecule has 0 bridgehead atoms. The Balaban J connectivity index is 2.50. The minimum atomic E-state index is -0.887. The van der Waals surface area contributed by atoms with Gasteiger partial charge in [-0.15, -0.1) is 11.6 Å². The number of carboxylic acids is 1. The molecule has 92 valence electrons. The fourth-order valence-corrected chi connectivity index (χ4v) is 1.43. The molecule has 0 spiro atoms. The highest BCUT2D eigenvalue weighted by Gasteiger charge is 1.99. The quantitative estimate of drug-likeness (QED) is 0.618. The second-order valence-corrected chi connectivity index (χ2v) is 3.96. The first kappa shape index (κ1) is 13.8. The lowest BCUT2D eigenvalue weighted by atomic mass is 10.2. The Kier molecular flexibility index (Phi) is 5.80. The summed E-state index contributed by atoms with van der Waals surface area (Å²) < 4.78 is 0. The van der Waals surface area contributed by atoms with Gasteiger partial charge in [0, 0.05) is 18.4 Å². The fourth-order valence-electron chi connectivity index (χ4n) is 1.11. The Hall–Kier alpha value is -1.26. The van der Waals surface area contributed by atoms with Crippen LogP contribution >= 0.6 is 23.2 Å². The van der Waals surface area contributed by atoms with E-state index in [1.807, 2.05) is 6.07 Å². The van der Waals surface area contributed by atoms with E-state index in [0.29, 0.717) is 17.4 Å². The summed E-state index contributed by atoms with van der Waals surface area (Å²) in [5, 5.41) is 12.0. The van der Waals surface area contributed by atoms with Gasteiger partial charge < -0.3 is 10.4 Å². The van der Waals surface area contributed by atoms with Crippen molar-refractivity contribution in [3.05, 3.63) is 40.8 Å².